The van der Waals surface area contributed by atoms with Crippen molar-refractivity contribution in [1.29, 1.82) is 0 Å². The van der Waals surface area contributed by atoms with Crippen LogP contribution in [0.2, 0.25) is 0 Å². The highest BCUT2D eigenvalue weighted by Gasteiger charge is 2.21. The number of halogens is 1. The molecule has 0 aliphatic carbocycles. The van der Waals surface area contributed by atoms with Gasteiger partial charge in [0.2, 0.25) is 0 Å². The molecule has 29 heavy (non-hydrogen) atoms. The fourth-order valence-electron chi connectivity index (χ4n) is 2.81. The largest absolute Gasteiger partial charge is 0.309 e. The molecule has 0 atom stereocenters. The summed E-state index contributed by atoms with van der Waals surface area (Å²) >= 11 is 1.48. The predicted octanol–water partition coefficient (Wildman–Crippen LogP) is 3.72. The first-order chi connectivity index (χ1) is 13.3. The highest BCUT2D eigenvalue weighted by molar-refractivity contribution is 7.90. The fraction of sp³-hybridized carbons (Fsp3) is 0.300. The van der Waals surface area contributed by atoms with Gasteiger partial charge in [0, 0.05) is 18.4 Å². The molecule has 0 radical (unpaired) electrons. The molecular weight excluding hydrogens is 430 g/mol. The van der Waals surface area contributed by atoms with E-state index >= 15 is 0 Å². The third-order valence-electron chi connectivity index (χ3n) is 4.28. The number of thiazole rings is 1. The summed E-state index contributed by atoms with van der Waals surface area (Å²) < 4.78 is 24.4. The van der Waals surface area contributed by atoms with Crippen molar-refractivity contribution in [3.8, 4) is 0 Å². The number of amides is 1. The number of para-hydroxylation sites is 1. The lowest BCUT2D eigenvalue weighted by atomic mass is 10.2. The molecule has 0 saturated carbocycles. The molecule has 1 heterocycles. The third kappa shape index (κ3) is 5.76. The van der Waals surface area contributed by atoms with E-state index < -0.39 is 9.84 Å². The number of carbonyl (C=O) groups is 1. The molecule has 1 aromatic heterocycles. The molecular formula is C20H24ClN3O3S2. The van der Waals surface area contributed by atoms with Gasteiger partial charge in [0.25, 0.3) is 5.91 Å². The van der Waals surface area contributed by atoms with Crippen molar-refractivity contribution in [2.75, 3.05) is 38.3 Å². The number of hydrogen-bond donors (Lipinski definition) is 0. The van der Waals surface area contributed by atoms with Gasteiger partial charge in [0.15, 0.2) is 15.0 Å². The Kier molecular flexibility index (Phi) is 7.76. The maximum absolute atomic E-state index is 13.2. The Morgan fingerprint density at radius 1 is 1.03 bits per heavy atom. The van der Waals surface area contributed by atoms with Crippen molar-refractivity contribution in [3.05, 3.63) is 54.1 Å². The van der Waals surface area contributed by atoms with E-state index in [2.05, 4.69) is 9.88 Å². The van der Waals surface area contributed by atoms with Crippen molar-refractivity contribution >= 4 is 54.8 Å². The van der Waals surface area contributed by atoms with Crippen LogP contribution in [0.15, 0.2) is 53.4 Å². The predicted molar refractivity (Wildman–Crippen MR) is 121 cm³/mol. The highest BCUT2D eigenvalue weighted by Crippen LogP contribution is 2.29. The molecule has 0 aliphatic heterocycles. The smallest absolute Gasteiger partial charge is 0.260 e. The lowest BCUT2D eigenvalue weighted by Crippen LogP contribution is -2.33. The molecule has 0 bridgehead atoms. The number of carbonyl (C=O) groups excluding carboxylic acids is 1. The van der Waals surface area contributed by atoms with Crippen LogP contribution < -0.4 is 4.90 Å². The van der Waals surface area contributed by atoms with Gasteiger partial charge in [0.1, 0.15) is 0 Å². The van der Waals surface area contributed by atoms with Gasteiger partial charge in [-0.25, -0.2) is 13.4 Å². The normalized spacial score (nSPS) is 11.4. The first-order valence-corrected chi connectivity index (χ1v) is 11.6. The number of sulfone groups is 1. The highest BCUT2D eigenvalue weighted by atomic mass is 35.5. The van der Waals surface area contributed by atoms with Crippen LogP contribution in [0, 0.1) is 0 Å². The standard InChI is InChI=1S/C20H23N3O3S2.ClH/c1-22(2)13-6-14-23(20-21-17-7-4-5-8-18(17)27-20)19(24)15-9-11-16(12-10-15)28(3,25)26;/h4-5,7-12H,6,13-14H2,1-3H3;1H. The van der Waals surface area contributed by atoms with E-state index in [4.69, 9.17) is 0 Å². The van der Waals surface area contributed by atoms with Crippen LogP contribution in [0.1, 0.15) is 16.8 Å². The first-order valence-electron chi connectivity index (χ1n) is 8.88. The second-order valence-electron chi connectivity index (χ2n) is 6.87. The number of hydrogen-bond acceptors (Lipinski definition) is 6. The zero-order valence-corrected chi connectivity index (χ0v) is 19.0. The lowest BCUT2D eigenvalue weighted by molar-refractivity contribution is 0.0986. The van der Waals surface area contributed by atoms with Gasteiger partial charge in [-0.05, 0) is 63.5 Å². The monoisotopic (exact) mass is 453 g/mol. The Hall–Kier alpha value is -2.00. The maximum Gasteiger partial charge on any atom is 0.260 e. The Morgan fingerprint density at radius 2 is 1.69 bits per heavy atom. The Morgan fingerprint density at radius 3 is 2.28 bits per heavy atom. The molecule has 0 unspecified atom stereocenters. The molecule has 0 aliphatic rings. The molecule has 0 N–H and O–H groups in total. The van der Waals surface area contributed by atoms with Crippen LogP contribution in [0.3, 0.4) is 0 Å². The molecule has 3 aromatic rings. The van der Waals surface area contributed by atoms with Gasteiger partial charge < -0.3 is 4.90 Å². The van der Waals surface area contributed by atoms with E-state index in [9.17, 15) is 13.2 Å². The minimum absolute atomic E-state index is 0. The SMILES string of the molecule is CN(C)CCCN(C(=O)c1ccc(S(C)(=O)=O)cc1)c1nc2ccccc2s1.Cl. The van der Waals surface area contributed by atoms with Crippen molar-refractivity contribution in [2.45, 2.75) is 11.3 Å². The van der Waals surface area contributed by atoms with E-state index in [1.165, 1.54) is 23.5 Å². The van der Waals surface area contributed by atoms with Crippen molar-refractivity contribution < 1.29 is 13.2 Å². The summed E-state index contributed by atoms with van der Waals surface area (Å²) in [5.41, 5.74) is 1.30. The van der Waals surface area contributed by atoms with E-state index in [-0.39, 0.29) is 23.2 Å². The van der Waals surface area contributed by atoms with Gasteiger partial charge in [-0.2, -0.15) is 0 Å². The summed E-state index contributed by atoms with van der Waals surface area (Å²) in [4.78, 5) is 21.8. The van der Waals surface area contributed by atoms with Crippen molar-refractivity contribution in [2.24, 2.45) is 0 Å². The zero-order valence-electron chi connectivity index (χ0n) is 16.5. The molecule has 9 heteroatoms. The molecule has 0 fully saturated rings. The number of aromatic nitrogens is 1. The summed E-state index contributed by atoms with van der Waals surface area (Å²) in [7, 11) is 0.688. The van der Waals surface area contributed by atoms with Crippen LogP contribution in [-0.2, 0) is 9.84 Å². The minimum atomic E-state index is -3.30. The number of rotatable bonds is 7. The maximum atomic E-state index is 13.2. The minimum Gasteiger partial charge on any atom is -0.309 e. The van der Waals surface area contributed by atoms with Gasteiger partial charge in [-0.15, -0.1) is 12.4 Å². The topological polar surface area (TPSA) is 70.6 Å². The van der Waals surface area contributed by atoms with E-state index in [0.29, 0.717) is 17.2 Å². The van der Waals surface area contributed by atoms with Gasteiger partial charge in [-0.1, -0.05) is 23.5 Å². The summed E-state index contributed by atoms with van der Waals surface area (Å²) in [6.45, 7) is 1.38. The van der Waals surface area contributed by atoms with E-state index in [0.717, 1.165) is 29.4 Å². The van der Waals surface area contributed by atoms with Crippen LogP contribution in [-0.4, -0.2) is 57.6 Å². The zero-order chi connectivity index (χ0) is 20.3. The Labute approximate surface area is 181 Å². The number of anilines is 1. The van der Waals surface area contributed by atoms with Gasteiger partial charge in [-0.3, -0.25) is 9.69 Å². The molecule has 6 nitrogen and oxygen atoms in total. The molecule has 0 saturated heterocycles. The van der Waals surface area contributed by atoms with Crippen molar-refractivity contribution in [1.82, 2.24) is 9.88 Å². The number of nitrogens with zero attached hydrogens (tertiary/aromatic N) is 3. The summed E-state index contributed by atoms with van der Waals surface area (Å²) in [6, 6.07) is 13.9. The van der Waals surface area contributed by atoms with E-state index in [1.54, 1.807) is 17.0 Å². The van der Waals surface area contributed by atoms with E-state index in [1.807, 2.05) is 38.4 Å². The average molecular weight is 454 g/mol. The lowest BCUT2D eigenvalue weighted by Gasteiger charge is -2.21. The average Bonchev–Trinajstić information content (AvgIpc) is 3.07. The quantitative estimate of drug-likeness (QED) is 0.545. The fourth-order valence-corrected chi connectivity index (χ4v) is 4.43. The molecule has 3 rings (SSSR count). The summed E-state index contributed by atoms with van der Waals surface area (Å²) in [6.07, 6.45) is 1.95. The molecule has 2 aromatic carbocycles. The second-order valence-corrected chi connectivity index (χ2v) is 9.90. The molecule has 0 spiro atoms. The Bertz CT molecular complexity index is 1050. The van der Waals surface area contributed by atoms with Crippen molar-refractivity contribution in [3.63, 3.8) is 0 Å². The van der Waals surface area contributed by atoms with Crippen LogP contribution in [0.4, 0.5) is 5.13 Å². The van der Waals surface area contributed by atoms with Crippen LogP contribution in [0.5, 0.6) is 0 Å². The first kappa shape index (κ1) is 23.3. The summed E-state index contributed by atoms with van der Waals surface area (Å²) in [5, 5.41) is 0.650. The number of fused-ring (bicyclic) bond motifs is 1. The molecule has 1 amide bonds. The van der Waals surface area contributed by atoms with Gasteiger partial charge in [0.05, 0.1) is 15.1 Å². The second kappa shape index (κ2) is 9.67. The number of benzene rings is 2. The van der Waals surface area contributed by atoms with Crippen LogP contribution >= 0.6 is 23.7 Å². The summed E-state index contributed by atoms with van der Waals surface area (Å²) in [5.74, 6) is -0.183. The third-order valence-corrected chi connectivity index (χ3v) is 6.46. The van der Waals surface area contributed by atoms with Gasteiger partial charge >= 0.3 is 0 Å². The van der Waals surface area contributed by atoms with Crippen LogP contribution in [0.25, 0.3) is 10.2 Å². The Balaban J connectivity index is 0.00000300. The molecule has 156 valence electrons.